The molecule has 0 bridgehead atoms. The van der Waals surface area contributed by atoms with Gasteiger partial charge in [-0.25, -0.2) is 0 Å². The molecule has 0 aliphatic carbocycles. The van der Waals surface area contributed by atoms with E-state index in [9.17, 15) is 0 Å². The van der Waals surface area contributed by atoms with Crippen molar-refractivity contribution in [2.75, 3.05) is 0 Å². The smallest absolute Gasteiger partial charge is 0.0638 e. The van der Waals surface area contributed by atoms with Crippen molar-refractivity contribution in [3.05, 3.63) is 35.9 Å². The van der Waals surface area contributed by atoms with E-state index in [2.05, 4.69) is 0 Å². The van der Waals surface area contributed by atoms with E-state index < -0.39 is 0 Å². The Labute approximate surface area is 79.0 Å². The van der Waals surface area contributed by atoms with Crippen molar-refractivity contribution in [1.29, 1.82) is 0 Å². The first-order chi connectivity index (χ1) is 4.61. The average molecular weight is 191 g/mol. The molecule has 0 fully saturated rings. The van der Waals surface area contributed by atoms with E-state index in [0.717, 1.165) is 5.56 Å². The Kier molecular flexibility index (Phi) is 3.91. The van der Waals surface area contributed by atoms with Gasteiger partial charge in [-0.3, -0.25) is 0 Å². The zero-order valence-corrected chi connectivity index (χ0v) is 8.25. The van der Waals surface area contributed by atoms with E-state index >= 15 is 0 Å². The second-order valence-corrected chi connectivity index (χ2v) is 3.78. The van der Waals surface area contributed by atoms with Crippen LogP contribution in [0.15, 0.2) is 30.3 Å². The van der Waals surface area contributed by atoms with E-state index in [1.165, 1.54) is 0 Å². The van der Waals surface area contributed by atoms with Crippen LogP contribution >= 0.6 is 24.0 Å². The Morgan fingerprint density at radius 2 is 1.55 bits per heavy atom. The van der Waals surface area contributed by atoms with Crippen molar-refractivity contribution in [3.8, 4) is 0 Å². The lowest BCUT2D eigenvalue weighted by molar-refractivity contribution is 0.766. The molecule has 0 N–H and O–H groups in total. The monoisotopic (exact) mass is 190 g/mol. The van der Waals surface area contributed by atoms with Gasteiger partial charge in [-0.05, 0) is 19.4 Å². The molecule has 0 aliphatic heterocycles. The molecule has 0 aliphatic rings. The highest BCUT2D eigenvalue weighted by Gasteiger charge is 2.14. The highest BCUT2D eigenvalue weighted by Crippen LogP contribution is 2.26. The summed E-state index contributed by atoms with van der Waals surface area (Å²) in [5, 5.41) is 0. The van der Waals surface area contributed by atoms with Gasteiger partial charge in [-0.1, -0.05) is 30.3 Å². The maximum atomic E-state index is 6.06. The van der Waals surface area contributed by atoms with Crippen molar-refractivity contribution in [1.82, 2.24) is 0 Å². The zero-order valence-electron chi connectivity index (χ0n) is 6.67. The first kappa shape index (κ1) is 10.8. The van der Waals surface area contributed by atoms with Gasteiger partial charge in [0.15, 0.2) is 0 Å². The minimum atomic E-state index is -0.235. The van der Waals surface area contributed by atoms with Gasteiger partial charge < -0.3 is 0 Å². The zero-order chi connectivity index (χ0) is 7.61. The molecule has 1 rings (SSSR count). The largest absolute Gasteiger partial charge is 0.147 e. The van der Waals surface area contributed by atoms with Crippen LogP contribution in [0.3, 0.4) is 0 Å². The summed E-state index contributed by atoms with van der Waals surface area (Å²) in [6.07, 6.45) is 0. The van der Waals surface area contributed by atoms with Gasteiger partial charge in [0.2, 0.25) is 0 Å². The summed E-state index contributed by atoms with van der Waals surface area (Å²) >= 11 is 6.06. The highest BCUT2D eigenvalue weighted by atomic mass is 35.5. The van der Waals surface area contributed by atoms with E-state index in [-0.39, 0.29) is 17.3 Å². The van der Waals surface area contributed by atoms with Gasteiger partial charge in [-0.15, -0.1) is 24.0 Å². The fourth-order valence-electron chi connectivity index (χ4n) is 0.834. The van der Waals surface area contributed by atoms with Gasteiger partial charge in [0.1, 0.15) is 0 Å². The second kappa shape index (κ2) is 3.99. The SMILES string of the molecule is CC(C)(Cl)c1ccccc1.Cl. The summed E-state index contributed by atoms with van der Waals surface area (Å²) < 4.78 is 0. The Morgan fingerprint density at radius 1 is 1.09 bits per heavy atom. The maximum absolute atomic E-state index is 6.06. The summed E-state index contributed by atoms with van der Waals surface area (Å²) in [5.41, 5.74) is 1.16. The van der Waals surface area contributed by atoms with Crippen LogP contribution in [0.1, 0.15) is 19.4 Å². The number of rotatable bonds is 1. The molecular formula is C9H12Cl2. The van der Waals surface area contributed by atoms with Gasteiger partial charge in [0.05, 0.1) is 4.87 Å². The van der Waals surface area contributed by atoms with Gasteiger partial charge >= 0.3 is 0 Å². The third kappa shape index (κ3) is 3.13. The summed E-state index contributed by atoms with van der Waals surface area (Å²) in [7, 11) is 0. The van der Waals surface area contributed by atoms with Crippen molar-refractivity contribution < 1.29 is 0 Å². The van der Waals surface area contributed by atoms with Crippen molar-refractivity contribution in [3.63, 3.8) is 0 Å². The highest BCUT2D eigenvalue weighted by molar-refractivity contribution is 6.23. The molecule has 0 spiro atoms. The van der Waals surface area contributed by atoms with Crippen molar-refractivity contribution >= 4 is 24.0 Å². The third-order valence-corrected chi connectivity index (χ3v) is 1.68. The van der Waals surface area contributed by atoms with Gasteiger partial charge in [0, 0.05) is 0 Å². The molecule has 0 nitrogen and oxygen atoms in total. The predicted molar refractivity (Wildman–Crippen MR) is 52.6 cm³/mol. The Hall–Kier alpha value is -0.200. The van der Waals surface area contributed by atoms with Crippen LogP contribution in [0.25, 0.3) is 0 Å². The Balaban J connectivity index is 0.000001000. The maximum Gasteiger partial charge on any atom is 0.0638 e. The Bertz CT molecular complexity index is 199. The molecule has 2 heteroatoms. The normalized spacial score (nSPS) is 10.5. The number of alkyl halides is 1. The van der Waals surface area contributed by atoms with Crippen LogP contribution in [-0.4, -0.2) is 0 Å². The minimum absolute atomic E-state index is 0. The molecule has 0 atom stereocenters. The molecule has 1 aromatic carbocycles. The number of hydrogen-bond donors (Lipinski definition) is 0. The average Bonchev–Trinajstić information content (AvgIpc) is 1.88. The lowest BCUT2D eigenvalue weighted by Crippen LogP contribution is -2.06. The molecule has 0 saturated heterocycles. The number of halogens is 2. The first-order valence-corrected chi connectivity index (χ1v) is 3.73. The molecule has 0 heterocycles. The lowest BCUT2D eigenvalue weighted by atomic mass is 10.0. The lowest BCUT2D eigenvalue weighted by Gasteiger charge is -2.15. The second-order valence-electron chi connectivity index (χ2n) is 2.84. The van der Waals surface area contributed by atoms with Crippen LogP contribution in [0, 0.1) is 0 Å². The summed E-state index contributed by atoms with van der Waals surface area (Å²) in [6.45, 7) is 3.98. The van der Waals surface area contributed by atoms with Crippen LogP contribution in [0.5, 0.6) is 0 Å². The van der Waals surface area contributed by atoms with E-state index in [0.29, 0.717) is 0 Å². The molecule has 0 saturated carbocycles. The van der Waals surface area contributed by atoms with E-state index in [4.69, 9.17) is 11.6 Å². The number of hydrogen-bond acceptors (Lipinski definition) is 0. The standard InChI is InChI=1S/C9H11Cl.ClH/c1-9(2,10)8-6-4-3-5-7-8;/h3-7H,1-2H3;1H. The predicted octanol–water partition coefficient (Wildman–Crippen LogP) is 3.58. The fourth-order valence-corrected chi connectivity index (χ4v) is 0.960. The molecule has 0 amide bonds. The molecule has 11 heavy (non-hydrogen) atoms. The summed E-state index contributed by atoms with van der Waals surface area (Å²) in [4.78, 5) is -0.235. The molecule has 62 valence electrons. The third-order valence-electron chi connectivity index (χ3n) is 1.46. The summed E-state index contributed by atoms with van der Waals surface area (Å²) in [5.74, 6) is 0. The van der Waals surface area contributed by atoms with E-state index in [1.54, 1.807) is 0 Å². The fraction of sp³-hybridized carbons (Fsp3) is 0.333. The minimum Gasteiger partial charge on any atom is -0.147 e. The Morgan fingerprint density at radius 3 is 1.82 bits per heavy atom. The molecule has 0 radical (unpaired) electrons. The van der Waals surface area contributed by atoms with Crippen molar-refractivity contribution in [2.45, 2.75) is 18.7 Å². The summed E-state index contributed by atoms with van der Waals surface area (Å²) in [6, 6.07) is 10.1. The van der Waals surface area contributed by atoms with Crippen LogP contribution in [-0.2, 0) is 4.87 Å². The molecule has 0 unspecified atom stereocenters. The molecule has 0 aromatic heterocycles. The first-order valence-electron chi connectivity index (χ1n) is 3.35. The molecule has 1 aromatic rings. The topological polar surface area (TPSA) is 0 Å². The van der Waals surface area contributed by atoms with Gasteiger partial charge in [0.25, 0.3) is 0 Å². The quantitative estimate of drug-likeness (QED) is 0.595. The van der Waals surface area contributed by atoms with Crippen LogP contribution in [0.4, 0.5) is 0 Å². The molecular weight excluding hydrogens is 179 g/mol. The van der Waals surface area contributed by atoms with Gasteiger partial charge in [-0.2, -0.15) is 0 Å². The number of benzene rings is 1. The van der Waals surface area contributed by atoms with Crippen molar-refractivity contribution in [2.24, 2.45) is 0 Å². The van der Waals surface area contributed by atoms with E-state index in [1.807, 2.05) is 44.2 Å². The van der Waals surface area contributed by atoms with Crippen LogP contribution in [0.2, 0.25) is 0 Å². The van der Waals surface area contributed by atoms with Crippen LogP contribution < -0.4 is 0 Å².